The molecule has 2 aromatic rings. The highest BCUT2D eigenvalue weighted by Gasteiger charge is 2.34. The van der Waals surface area contributed by atoms with Gasteiger partial charge in [0.1, 0.15) is 5.82 Å². The van der Waals surface area contributed by atoms with Gasteiger partial charge in [-0.1, -0.05) is 38.1 Å². The number of aromatic nitrogens is 1. The zero-order valence-electron chi connectivity index (χ0n) is 20.6. The molecule has 7 heteroatoms. The number of rotatable bonds is 4. The van der Waals surface area contributed by atoms with Crippen LogP contribution in [-0.4, -0.2) is 53.3 Å². The molecule has 0 aliphatic carbocycles. The van der Waals surface area contributed by atoms with Gasteiger partial charge >= 0.3 is 11.8 Å². The van der Waals surface area contributed by atoms with E-state index in [0.717, 1.165) is 37.1 Å². The largest absolute Gasteiger partial charge is 0.383 e. The Morgan fingerprint density at radius 1 is 1.15 bits per heavy atom. The van der Waals surface area contributed by atoms with Gasteiger partial charge in [-0.3, -0.25) is 9.59 Å². The summed E-state index contributed by atoms with van der Waals surface area (Å²) in [6, 6.07) is 10.4. The molecule has 182 valence electrons. The van der Waals surface area contributed by atoms with Gasteiger partial charge in [-0.05, 0) is 80.3 Å². The molecular formula is C27H37N5O2. The Morgan fingerprint density at radius 3 is 2.71 bits per heavy atom. The highest BCUT2D eigenvalue weighted by Crippen LogP contribution is 2.36. The molecule has 3 heterocycles. The smallest absolute Gasteiger partial charge is 0.313 e. The highest BCUT2D eigenvalue weighted by molar-refractivity contribution is 6.39. The van der Waals surface area contributed by atoms with E-state index >= 15 is 0 Å². The molecule has 2 fully saturated rings. The van der Waals surface area contributed by atoms with Crippen LogP contribution >= 0.6 is 0 Å². The molecule has 7 nitrogen and oxygen atoms in total. The average Bonchev–Trinajstić information content (AvgIpc) is 2.84. The average molecular weight is 464 g/mol. The SMILES string of the molecule is CCc1cc(NC(=O)C(=O)N2C[C@@H](C)CC[C@@H]2c2cccc([C@H]3CCCN(C)C3)c2)cnc1N. The second-order valence-corrected chi connectivity index (χ2v) is 10.0. The van der Waals surface area contributed by atoms with Crippen LogP contribution in [-0.2, 0) is 16.0 Å². The van der Waals surface area contributed by atoms with Crippen LogP contribution in [0.3, 0.4) is 0 Å². The van der Waals surface area contributed by atoms with Crippen LogP contribution in [0.25, 0.3) is 0 Å². The number of benzene rings is 1. The van der Waals surface area contributed by atoms with E-state index in [0.29, 0.717) is 36.3 Å². The summed E-state index contributed by atoms with van der Waals surface area (Å²) in [6.45, 7) is 6.90. The number of carbonyl (C=O) groups is 2. The lowest BCUT2D eigenvalue weighted by Crippen LogP contribution is -2.46. The van der Waals surface area contributed by atoms with E-state index in [9.17, 15) is 9.59 Å². The molecule has 1 aromatic carbocycles. The van der Waals surface area contributed by atoms with Crippen molar-refractivity contribution in [2.24, 2.45) is 5.92 Å². The maximum absolute atomic E-state index is 13.3. The highest BCUT2D eigenvalue weighted by atomic mass is 16.2. The van der Waals surface area contributed by atoms with Gasteiger partial charge in [0.05, 0.1) is 17.9 Å². The number of amides is 2. The lowest BCUT2D eigenvalue weighted by atomic mass is 9.86. The quantitative estimate of drug-likeness (QED) is 0.670. The Morgan fingerprint density at radius 2 is 1.94 bits per heavy atom. The van der Waals surface area contributed by atoms with Gasteiger partial charge in [0.2, 0.25) is 0 Å². The summed E-state index contributed by atoms with van der Waals surface area (Å²) in [6.07, 6.45) is 6.49. The molecule has 0 radical (unpaired) electrons. The van der Waals surface area contributed by atoms with Crippen LogP contribution in [0.15, 0.2) is 36.5 Å². The van der Waals surface area contributed by atoms with Crippen molar-refractivity contribution in [3.8, 4) is 0 Å². The monoisotopic (exact) mass is 463 g/mol. The summed E-state index contributed by atoms with van der Waals surface area (Å²) in [7, 11) is 2.18. The van der Waals surface area contributed by atoms with Gasteiger partial charge in [0.25, 0.3) is 0 Å². The summed E-state index contributed by atoms with van der Waals surface area (Å²) in [5.74, 6) is 0.195. The lowest BCUT2D eigenvalue weighted by molar-refractivity contribution is -0.146. The molecule has 2 aliphatic heterocycles. The Labute approximate surface area is 202 Å². The van der Waals surface area contributed by atoms with Gasteiger partial charge in [-0.2, -0.15) is 0 Å². The van der Waals surface area contributed by atoms with Gasteiger partial charge in [-0.15, -0.1) is 0 Å². The number of piperidine rings is 2. The summed E-state index contributed by atoms with van der Waals surface area (Å²) >= 11 is 0. The van der Waals surface area contributed by atoms with E-state index in [1.165, 1.54) is 24.6 Å². The van der Waals surface area contributed by atoms with Crippen LogP contribution < -0.4 is 11.1 Å². The van der Waals surface area contributed by atoms with Crippen LogP contribution in [0.4, 0.5) is 11.5 Å². The molecule has 4 rings (SSSR count). The predicted octanol–water partition coefficient (Wildman–Crippen LogP) is 3.97. The number of likely N-dealkylation sites (N-methyl/N-ethyl adjacent to an activating group) is 1. The maximum atomic E-state index is 13.3. The van der Waals surface area contributed by atoms with Crippen molar-refractivity contribution in [2.45, 2.75) is 57.9 Å². The number of nitrogens with two attached hydrogens (primary N) is 1. The van der Waals surface area contributed by atoms with Gasteiger partial charge < -0.3 is 20.9 Å². The zero-order chi connectivity index (χ0) is 24.2. The van der Waals surface area contributed by atoms with Crippen molar-refractivity contribution in [3.63, 3.8) is 0 Å². The molecule has 0 saturated carbocycles. The van der Waals surface area contributed by atoms with Crippen molar-refractivity contribution in [1.82, 2.24) is 14.8 Å². The van der Waals surface area contributed by atoms with Gasteiger partial charge in [0, 0.05) is 13.1 Å². The molecule has 34 heavy (non-hydrogen) atoms. The minimum atomic E-state index is -0.627. The number of pyridine rings is 1. The first-order valence-corrected chi connectivity index (χ1v) is 12.5. The number of carbonyl (C=O) groups excluding carboxylic acids is 2. The van der Waals surface area contributed by atoms with Crippen molar-refractivity contribution < 1.29 is 9.59 Å². The van der Waals surface area contributed by atoms with E-state index in [2.05, 4.69) is 53.4 Å². The first kappa shape index (κ1) is 24.2. The third-order valence-electron chi connectivity index (χ3n) is 7.30. The van der Waals surface area contributed by atoms with E-state index in [-0.39, 0.29) is 6.04 Å². The first-order valence-electron chi connectivity index (χ1n) is 12.5. The number of hydrogen-bond acceptors (Lipinski definition) is 5. The number of nitrogen functional groups attached to an aromatic ring is 1. The maximum Gasteiger partial charge on any atom is 0.313 e. The van der Waals surface area contributed by atoms with Crippen LogP contribution in [0, 0.1) is 5.92 Å². The van der Waals surface area contributed by atoms with Crippen molar-refractivity contribution in [1.29, 1.82) is 0 Å². The molecule has 0 bridgehead atoms. The number of hydrogen-bond donors (Lipinski definition) is 2. The molecule has 0 spiro atoms. The zero-order valence-corrected chi connectivity index (χ0v) is 20.6. The third kappa shape index (κ3) is 5.41. The van der Waals surface area contributed by atoms with Crippen LogP contribution in [0.5, 0.6) is 0 Å². The molecule has 2 saturated heterocycles. The standard InChI is InChI=1S/C27H37N5O2/c1-4-19-14-23(15-29-25(19)28)30-26(33)27(34)32-16-18(2)10-11-24(32)21-8-5-7-20(13-21)22-9-6-12-31(3)17-22/h5,7-8,13-15,18,22,24H,4,6,9-12,16-17H2,1-3H3,(H2,28,29)(H,30,33)/t18-,22-,24+/m0/s1. The summed E-state index contributed by atoms with van der Waals surface area (Å²) in [4.78, 5) is 34.6. The molecule has 2 aliphatic rings. The number of nitrogens with one attached hydrogen (secondary N) is 1. The molecule has 1 aromatic heterocycles. The molecular weight excluding hydrogens is 426 g/mol. The van der Waals surface area contributed by atoms with Crippen molar-refractivity contribution >= 4 is 23.3 Å². The predicted molar refractivity (Wildman–Crippen MR) is 135 cm³/mol. The van der Waals surface area contributed by atoms with E-state index in [1.54, 1.807) is 11.0 Å². The number of likely N-dealkylation sites (tertiary alicyclic amines) is 2. The second-order valence-electron chi connectivity index (χ2n) is 10.0. The lowest BCUT2D eigenvalue weighted by Gasteiger charge is -2.39. The normalized spacial score (nSPS) is 23.5. The second kappa shape index (κ2) is 10.6. The molecule has 0 unspecified atom stereocenters. The molecule has 2 amide bonds. The Kier molecular flexibility index (Phi) is 7.51. The topological polar surface area (TPSA) is 91.6 Å². The number of nitrogens with zero attached hydrogens (tertiary/aromatic N) is 3. The van der Waals surface area contributed by atoms with E-state index < -0.39 is 11.8 Å². The Balaban J connectivity index is 1.53. The molecule has 3 N–H and O–H groups in total. The van der Waals surface area contributed by atoms with Crippen molar-refractivity contribution in [2.75, 3.05) is 37.7 Å². The third-order valence-corrected chi connectivity index (χ3v) is 7.30. The van der Waals surface area contributed by atoms with Crippen LogP contribution in [0.2, 0.25) is 0 Å². The summed E-state index contributed by atoms with van der Waals surface area (Å²) in [5, 5.41) is 2.74. The minimum absolute atomic E-state index is 0.0912. The fraction of sp³-hybridized carbons (Fsp3) is 0.519. The van der Waals surface area contributed by atoms with Gasteiger partial charge in [0.15, 0.2) is 0 Å². The van der Waals surface area contributed by atoms with E-state index in [4.69, 9.17) is 5.73 Å². The van der Waals surface area contributed by atoms with E-state index in [1.807, 2.05) is 6.92 Å². The number of anilines is 2. The summed E-state index contributed by atoms with van der Waals surface area (Å²) in [5.41, 5.74) is 9.68. The van der Waals surface area contributed by atoms with Gasteiger partial charge in [-0.25, -0.2) is 4.98 Å². The Hall–Kier alpha value is -2.93. The molecule has 3 atom stereocenters. The Bertz CT molecular complexity index is 1040. The number of aryl methyl sites for hydroxylation is 1. The minimum Gasteiger partial charge on any atom is -0.383 e. The first-order chi connectivity index (χ1) is 16.4. The fourth-order valence-corrected chi connectivity index (χ4v) is 5.37. The van der Waals surface area contributed by atoms with Crippen LogP contribution in [0.1, 0.15) is 68.2 Å². The summed E-state index contributed by atoms with van der Waals surface area (Å²) < 4.78 is 0. The van der Waals surface area contributed by atoms with Crippen molar-refractivity contribution in [3.05, 3.63) is 53.2 Å². The fourth-order valence-electron chi connectivity index (χ4n) is 5.37.